The topological polar surface area (TPSA) is 18.5 Å². The van der Waals surface area contributed by atoms with Crippen LogP contribution in [0.5, 0.6) is 5.75 Å². The lowest BCUT2D eigenvalue weighted by molar-refractivity contribution is -0.139. The highest BCUT2D eigenvalue weighted by Gasteiger charge is 2.35. The summed E-state index contributed by atoms with van der Waals surface area (Å²) >= 11 is 0. The maximum atomic E-state index is 13.1. The molecule has 1 rings (SSSR count). The maximum Gasteiger partial charge on any atom is 0.419 e. The van der Waals surface area contributed by atoms with Crippen LogP contribution in [0, 0.1) is 0 Å². The standard InChI is InChI=1S/C15H21F3O2/c1-10(19-5)9-20-13-7-6-11(14(2,3)4)8-12(13)15(16,17)18/h6-8,10H,9H2,1-5H3. The normalized spacial score (nSPS) is 14.2. The van der Waals surface area contributed by atoms with Crippen molar-refractivity contribution in [1.29, 1.82) is 0 Å². The van der Waals surface area contributed by atoms with E-state index in [1.165, 1.54) is 13.2 Å². The summed E-state index contributed by atoms with van der Waals surface area (Å²) in [4.78, 5) is 0. The first-order valence-corrected chi connectivity index (χ1v) is 6.43. The van der Waals surface area contributed by atoms with Crippen LogP contribution < -0.4 is 4.74 Å². The molecule has 0 spiro atoms. The number of methoxy groups -OCH3 is 1. The van der Waals surface area contributed by atoms with E-state index in [-0.39, 0.29) is 23.9 Å². The second-order valence-electron chi connectivity index (χ2n) is 5.82. The molecule has 0 amide bonds. The molecule has 1 aromatic rings. The molecule has 20 heavy (non-hydrogen) atoms. The van der Waals surface area contributed by atoms with Crippen molar-refractivity contribution < 1.29 is 22.6 Å². The highest BCUT2D eigenvalue weighted by atomic mass is 19.4. The maximum absolute atomic E-state index is 13.1. The first-order chi connectivity index (χ1) is 9.05. The highest BCUT2D eigenvalue weighted by molar-refractivity contribution is 5.41. The van der Waals surface area contributed by atoms with Gasteiger partial charge in [-0.25, -0.2) is 0 Å². The average Bonchev–Trinajstić information content (AvgIpc) is 2.33. The van der Waals surface area contributed by atoms with E-state index >= 15 is 0 Å². The lowest BCUT2D eigenvalue weighted by Crippen LogP contribution is -2.19. The van der Waals surface area contributed by atoms with Gasteiger partial charge in [-0.05, 0) is 30.0 Å². The van der Waals surface area contributed by atoms with E-state index in [2.05, 4.69) is 0 Å². The van der Waals surface area contributed by atoms with Crippen LogP contribution in [0.15, 0.2) is 18.2 Å². The van der Waals surface area contributed by atoms with Crippen LogP contribution in [0.4, 0.5) is 13.2 Å². The van der Waals surface area contributed by atoms with Gasteiger partial charge in [0.05, 0.1) is 11.7 Å². The molecule has 0 aliphatic heterocycles. The van der Waals surface area contributed by atoms with Crippen LogP contribution in [0.25, 0.3) is 0 Å². The summed E-state index contributed by atoms with van der Waals surface area (Å²) in [5, 5.41) is 0. The fraction of sp³-hybridized carbons (Fsp3) is 0.600. The van der Waals surface area contributed by atoms with Crippen LogP contribution in [-0.2, 0) is 16.3 Å². The second kappa shape index (κ2) is 6.04. The molecule has 1 atom stereocenters. The van der Waals surface area contributed by atoms with Crippen LogP contribution in [0.2, 0.25) is 0 Å². The Balaban J connectivity index is 3.12. The molecule has 0 N–H and O–H groups in total. The Morgan fingerprint density at radius 2 is 1.75 bits per heavy atom. The predicted octanol–water partition coefficient (Wildman–Crippen LogP) is 4.42. The predicted molar refractivity (Wildman–Crippen MR) is 72.1 cm³/mol. The molecule has 5 heteroatoms. The zero-order chi connectivity index (χ0) is 15.6. The Hall–Kier alpha value is -1.23. The Kier molecular flexibility index (Phi) is 5.08. The average molecular weight is 290 g/mol. The van der Waals surface area contributed by atoms with Crippen molar-refractivity contribution >= 4 is 0 Å². The van der Waals surface area contributed by atoms with Crippen molar-refractivity contribution in [3.63, 3.8) is 0 Å². The first-order valence-electron chi connectivity index (χ1n) is 6.43. The smallest absolute Gasteiger partial charge is 0.419 e. The molecule has 0 aliphatic carbocycles. The number of rotatable bonds is 4. The fourth-order valence-electron chi connectivity index (χ4n) is 1.62. The third-order valence-corrected chi connectivity index (χ3v) is 3.03. The van der Waals surface area contributed by atoms with E-state index in [9.17, 15) is 13.2 Å². The lowest BCUT2D eigenvalue weighted by Gasteiger charge is -2.22. The van der Waals surface area contributed by atoms with Gasteiger partial charge in [0.1, 0.15) is 12.4 Å². The van der Waals surface area contributed by atoms with Gasteiger partial charge in [-0.1, -0.05) is 26.8 Å². The number of alkyl halides is 3. The number of benzene rings is 1. The molecule has 0 aromatic heterocycles. The van der Waals surface area contributed by atoms with E-state index in [1.54, 1.807) is 13.0 Å². The van der Waals surface area contributed by atoms with E-state index < -0.39 is 11.7 Å². The molecule has 0 saturated carbocycles. The van der Waals surface area contributed by atoms with E-state index in [1.807, 2.05) is 20.8 Å². The first kappa shape index (κ1) is 16.8. The third-order valence-electron chi connectivity index (χ3n) is 3.03. The fourth-order valence-corrected chi connectivity index (χ4v) is 1.62. The molecule has 0 aliphatic rings. The van der Waals surface area contributed by atoms with Crippen molar-refractivity contribution in [3.8, 4) is 5.75 Å². The Morgan fingerprint density at radius 1 is 1.15 bits per heavy atom. The Labute approximate surface area is 117 Å². The zero-order valence-electron chi connectivity index (χ0n) is 12.5. The second-order valence-corrected chi connectivity index (χ2v) is 5.82. The van der Waals surface area contributed by atoms with Gasteiger partial charge >= 0.3 is 6.18 Å². The van der Waals surface area contributed by atoms with Crippen molar-refractivity contribution in [2.75, 3.05) is 13.7 Å². The molecule has 114 valence electrons. The van der Waals surface area contributed by atoms with Gasteiger partial charge < -0.3 is 9.47 Å². The molecule has 0 radical (unpaired) electrons. The minimum absolute atomic E-state index is 0.0778. The summed E-state index contributed by atoms with van der Waals surface area (Å²) in [7, 11) is 1.49. The van der Waals surface area contributed by atoms with Gasteiger partial charge in [0.25, 0.3) is 0 Å². The van der Waals surface area contributed by atoms with Gasteiger partial charge in [0, 0.05) is 7.11 Å². The van der Waals surface area contributed by atoms with Crippen molar-refractivity contribution in [1.82, 2.24) is 0 Å². The molecule has 0 fully saturated rings. The molecular weight excluding hydrogens is 269 g/mol. The van der Waals surface area contributed by atoms with Gasteiger partial charge in [-0.3, -0.25) is 0 Å². The Morgan fingerprint density at radius 3 is 2.20 bits per heavy atom. The van der Waals surface area contributed by atoms with Crippen LogP contribution in [0.1, 0.15) is 38.8 Å². The van der Waals surface area contributed by atoms with E-state index in [0.29, 0.717) is 5.56 Å². The van der Waals surface area contributed by atoms with Crippen LogP contribution in [-0.4, -0.2) is 19.8 Å². The largest absolute Gasteiger partial charge is 0.490 e. The van der Waals surface area contributed by atoms with E-state index in [0.717, 1.165) is 6.07 Å². The molecule has 1 unspecified atom stereocenters. The number of halogens is 3. The minimum Gasteiger partial charge on any atom is -0.490 e. The summed E-state index contributed by atoms with van der Waals surface area (Å²) in [5.74, 6) is -0.158. The SMILES string of the molecule is COC(C)COc1ccc(C(C)(C)C)cc1C(F)(F)F. The monoisotopic (exact) mass is 290 g/mol. The van der Waals surface area contributed by atoms with Crippen LogP contribution >= 0.6 is 0 Å². The van der Waals surface area contributed by atoms with E-state index in [4.69, 9.17) is 9.47 Å². The Bertz CT molecular complexity index is 447. The molecule has 2 nitrogen and oxygen atoms in total. The molecular formula is C15H21F3O2. The third kappa shape index (κ3) is 4.40. The van der Waals surface area contributed by atoms with Gasteiger partial charge in [-0.15, -0.1) is 0 Å². The molecule has 1 aromatic carbocycles. The van der Waals surface area contributed by atoms with Crippen molar-refractivity contribution in [3.05, 3.63) is 29.3 Å². The molecule has 0 heterocycles. The van der Waals surface area contributed by atoms with Gasteiger partial charge in [0.2, 0.25) is 0 Å². The summed E-state index contributed by atoms with van der Waals surface area (Å²) in [6.45, 7) is 7.42. The minimum atomic E-state index is -4.44. The summed E-state index contributed by atoms with van der Waals surface area (Å²) in [6, 6.07) is 4.21. The molecule has 0 saturated heterocycles. The number of ether oxygens (including phenoxy) is 2. The van der Waals surface area contributed by atoms with Gasteiger partial charge in [-0.2, -0.15) is 13.2 Å². The lowest BCUT2D eigenvalue weighted by atomic mass is 9.86. The molecule has 0 bridgehead atoms. The summed E-state index contributed by atoms with van der Waals surface area (Å²) in [6.07, 6.45) is -4.70. The highest BCUT2D eigenvalue weighted by Crippen LogP contribution is 2.39. The zero-order valence-corrected chi connectivity index (χ0v) is 12.5. The number of hydrogen-bond donors (Lipinski definition) is 0. The quantitative estimate of drug-likeness (QED) is 0.817. The van der Waals surface area contributed by atoms with Crippen molar-refractivity contribution in [2.24, 2.45) is 0 Å². The van der Waals surface area contributed by atoms with Crippen LogP contribution in [0.3, 0.4) is 0 Å². The number of hydrogen-bond acceptors (Lipinski definition) is 2. The van der Waals surface area contributed by atoms with Crippen molar-refractivity contribution in [2.45, 2.75) is 45.4 Å². The summed E-state index contributed by atoms with van der Waals surface area (Å²) in [5.41, 5.74) is -0.469. The van der Waals surface area contributed by atoms with Gasteiger partial charge in [0.15, 0.2) is 0 Å². The summed E-state index contributed by atoms with van der Waals surface area (Å²) < 4.78 is 49.5.